The van der Waals surface area contributed by atoms with Gasteiger partial charge in [-0.2, -0.15) is 5.10 Å². The number of rotatable bonds is 3. The highest BCUT2D eigenvalue weighted by Gasteiger charge is 2.17. The normalized spacial score (nSPS) is 14.2. The van der Waals surface area contributed by atoms with Crippen molar-refractivity contribution in [1.29, 1.82) is 0 Å². The second kappa shape index (κ2) is 7.28. The topological polar surface area (TPSA) is 71.4 Å². The first-order valence-electron chi connectivity index (χ1n) is 9.93. The molecule has 1 aliphatic heterocycles. The summed E-state index contributed by atoms with van der Waals surface area (Å²) in [6.45, 7) is 4.06. The monoisotopic (exact) mass is 406 g/mol. The molecule has 0 aliphatic carbocycles. The third-order valence-electron chi connectivity index (χ3n) is 5.64. The number of halogens is 1. The predicted octanol–water partition coefficient (Wildman–Crippen LogP) is 3.60. The summed E-state index contributed by atoms with van der Waals surface area (Å²) in [4.78, 5) is 12.6. The van der Waals surface area contributed by atoms with E-state index in [0.717, 1.165) is 60.5 Å². The summed E-state index contributed by atoms with van der Waals surface area (Å²) in [6.07, 6.45) is 6.57. The van der Waals surface area contributed by atoms with E-state index in [0.29, 0.717) is 10.7 Å². The van der Waals surface area contributed by atoms with Gasteiger partial charge in [-0.3, -0.25) is 4.68 Å². The Morgan fingerprint density at radius 2 is 2.00 bits per heavy atom. The Morgan fingerprint density at radius 1 is 1.17 bits per heavy atom. The van der Waals surface area contributed by atoms with Gasteiger partial charge in [0.05, 0.1) is 21.8 Å². The number of hydrogen-bond acceptors (Lipinski definition) is 4. The molecule has 4 aromatic rings. The maximum Gasteiger partial charge on any atom is 0.178 e. The van der Waals surface area contributed by atoms with Crippen molar-refractivity contribution in [3.05, 3.63) is 63.6 Å². The Hall–Kier alpha value is -2.70. The highest BCUT2D eigenvalue weighted by atomic mass is 35.5. The zero-order valence-electron chi connectivity index (χ0n) is 16.6. The van der Waals surface area contributed by atoms with Crippen LogP contribution < -0.4 is 5.32 Å². The fraction of sp³-hybridized carbons (Fsp3) is 0.318. The summed E-state index contributed by atoms with van der Waals surface area (Å²) in [5, 5.41) is 8.55. The Kier molecular flexibility index (Phi) is 4.60. The molecule has 7 heteroatoms. The number of hydrogen-bond donors (Lipinski definition) is 2. The van der Waals surface area contributed by atoms with E-state index in [1.54, 1.807) is 10.9 Å². The van der Waals surface area contributed by atoms with E-state index in [4.69, 9.17) is 16.6 Å². The van der Waals surface area contributed by atoms with Gasteiger partial charge in [0.15, 0.2) is 5.65 Å². The molecule has 1 aromatic carbocycles. The van der Waals surface area contributed by atoms with Crippen LogP contribution in [0.25, 0.3) is 22.6 Å². The van der Waals surface area contributed by atoms with E-state index in [1.165, 1.54) is 16.7 Å². The summed E-state index contributed by atoms with van der Waals surface area (Å²) >= 11 is 6.58. The molecule has 148 valence electrons. The molecule has 0 unspecified atom stereocenters. The van der Waals surface area contributed by atoms with Gasteiger partial charge in [0.1, 0.15) is 5.82 Å². The van der Waals surface area contributed by atoms with Crippen LogP contribution in [0.5, 0.6) is 0 Å². The first kappa shape index (κ1) is 18.3. The average Bonchev–Trinajstić information content (AvgIpc) is 3.18. The summed E-state index contributed by atoms with van der Waals surface area (Å²) < 4.78 is 1.80. The van der Waals surface area contributed by atoms with E-state index >= 15 is 0 Å². The molecular formula is C22H23ClN6. The quantitative estimate of drug-likeness (QED) is 0.545. The molecule has 3 aromatic heterocycles. The second-order valence-corrected chi connectivity index (χ2v) is 8.11. The molecule has 0 saturated carbocycles. The molecule has 1 aliphatic rings. The smallest absolute Gasteiger partial charge is 0.178 e. The Bertz CT molecular complexity index is 1210. The van der Waals surface area contributed by atoms with E-state index < -0.39 is 0 Å². The summed E-state index contributed by atoms with van der Waals surface area (Å²) in [7, 11) is 1.91. The van der Waals surface area contributed by atoms with Crippen molar-refractivity contribution in [2.45, 2.75) is 26.2 Å². The van der Waals surface area contributed by atoms with Gasteiger partial charge in [-0.05, 0) is 49.5 Å². The maximum atomic E-state index is 6.58. The first-order valence-corrected chi connectivity index (χ1v) is 10.3. The molecule has 0 spiro atoms. The molecule has 0 fully saturated rings. The van der Waals surface area contributed by atoms with E-state index in [1.807, 2.05) is 20.2 Å². The number of fused-ring (bicyclic) bond motifs is 2. The first-order chi connectivity index (χ1) is 14.1. The lowest BCUT2D eigenvalue weighted by Gasteiger charge is -2.10. The highest BCUT2D eigenvalue weighted by molar-refractivity contribution is 6.32. The molecule has 0 radical (unpaired) electrons. The molecule has 0 amide bonds. The minimum atomic E-state index is 0.659. The van der Waals surface area contributed by atoms with Gasteiger partial charge in [0, 0.05) is 31.4 Å². The molecule has 0 atom stereocenters. The fourth-order valence-electron chi connectivity index (χ4n) is 4.16. The SMILES string of the molecule is Cc1nn(C)cc1-c1nc2ncc(Cl)c(Cc3ccc4c(c3)CCNCC4)c2[nH]1. The number of imidazole rings is 1. The van der Waals surface area contributed by atoms with E-state index in [9.17, 15) is 0 Å². The minimum absolute atomic E-state index is 0.659. The molecule has 5 rings (SSSR count). The molecule has 2 N–H and O–H groups in total. The van der Waals surface area contributed by atoms with Crippen molar-refractivity contribution in [1.82, 2.24) is 30.0 Å². The van der Waals surface area contributed by atoms with Crippen molar-refractivity contribution in [2.75, 3.05) is 13.1 Å². The van der Waals surface area contributed by atoms with E-state index in [2.05, 4.69) is 38.6 Å². The van der Waals surface area contributed by atoms with Crippen LogP contribution in [0.4, 0.5) is 0 Å². The largest absolute Gasteiger partial charge is 0.336 e. The van der Waals surface area contributed by atoms with Crippen LogP contribution >= 0.6 is 11.6 Å². The van der Waals surface area contributed by atoms with Gasteiger partial charge in [0.25, 0.3) is 0 Å². The average molecular weight is 407 g/mol. The Morgan fingerprint density at radius 3 is 2.79 bits per heavy atom. The van der Waals surface area contributed by atoms with Gasteiger partial charge in [0.2, 0.25) is 0 Å². The van der Waals surface area contributed by atoms with Crippen molar-refractivity contribution in [3.63, 3.8) is 0 Å². The van der Waals surface area contributed by atoms with Crippen LogP contribution in [-0.4, -0.2) is 37.8 Å². The molecule has 6 nitrogen and oxygen atoms in total. The Labute approximate surface area is 174 Å². The van der Waals surface area contributed by atoms with Crippen molar-refractivity contribution in [2.24, 2.45) is 7.05 Å². The van der Waals surface area contributed by atoms with Crippen molar-refractivity contribution >= 4 is 22.8 Å². The molecule has 4 heterocycles. The molecule has 0 saturated heterocycles. The van der Waals surface area contributed by atoms with Gasteiger partial charge in [-0.15, -0.1) is 0 Å². The van der Waals surface area contributed by atoms with Crippen molar-refractivity contribution < 1.29 is 0 Å². The lowest BCUT2D eigenvalue weighted by molar-refractivity contribution is 0.711. The van der Waals surface area contributed by atoms with Gasteiger partial charge in [-0.25, -0.2) is 9.97 Å². The standard InChI is InChI=1S/C22H23ClN6/c1-13-18(12-29(2)28-13)21-26-20-17(19(23)11-25-22(20)27-21)10-14-3-4-15-5-7-24-8-6-16(15)9-14/h3-4,9,11-12,24H,5-8,10H2,1-2H3,(H,25,26,27). The molecule has 29 heavy (non-hydrogen) atoms. The zero-order chi connectivity index (χ0) is 20.0. The third kappa shape index (κ3) is 3.43. The zero-order valence-corrected chi connectivity index (χ0v) is 17.3. The van der Waals surface area contributed by atoms with Crippen LogP contribution in [0.3, 0.4) is 0 Å². The van der Waals surface area contributed by atoms with Gasteiger partial charge >= 0.3 is 0 Å². The lowest BCUT2D eigenvalue weighted by Crippen LogP contribution is -2.16. The lowest BCUT2D eigenvalue weighted by atomic mass is 9.97. The number of aryl methyl sites for hydroxylation is 2. The van der Waals surface area contributed by atoms with Crippen LogP contribution in [0.1, 0.15) is 27.9 Å². The number of aromatic nitrogens is 5. The fourth-order valence-corrected chi connectivity index (χ4v) is 4.37. The van der Waals surface area contributed by atoms with Crippen LogP contribution in [0, 0.1) is 6.92 Å². The van der Waals surface area contributed by atoms with Gasteiger partial charge in [-0.1, -0.05) is 29.8 Å². The maximum absolute atomic E-state index is 6.58. The minimum Gasteiger partial charge on any atom is -0.336 e. The van der Waals surface area contributed by atoms with Gasteiger partial charge < -0.3 is 10.3 Å². The molecule has 0 bridgehead atoms. The number of nitrogens with zero attached hydrogens (tertiary/aromatic N) is 4. The number of benzene rings is 1. The van der Waals surface area contributed by atoms with E-state index in [-0.39, 0.29) is 0 Å². The third-order valence-corrected chi connectivity index (χ3v) is 5.96. The number of H-pyrrole nitrogens is 1. The summed E-state index contributed by atoms with van der Waals surface area (Å²) in [6, 6.07) is 6.81. The molecular weight excluding hydrogens is 384 g/mol. The number of nitrogens with one attached hydrogen (secondary N) is 2. The van der Waals surface area contributed by atoms with Crippen LogP contribution in [-0.2, 0) is 26.3 Å². The number of pyridine rings is 1. The van der Waals surface area contributed by atoms with Crippen LogP contribution in [0.15, 0.2) is 30.6 Å². The highest BCUT2D eigenvalue weighted by Crippen LogP contribution is 2.29. The summed E-state index contributed by atoms with van der Waals surface area (Å²) in [5.41, 5.74) is 8.65. The Balaban J connectivity index is 1.55. The van der Waals surface area contributed by atoms with Crippen LogP contribution in [0.2, 0.25) is 5.02 Å². The summed E-state index contributed by atoms with van der Waals surface area (Å²) in [5.74, 6) is 0.773. The predicted molar refractivity (Wildman–Crippen MR) is 115 cm³/mol. The van der Waals surface area contributed by atoms with Crippen molar-refractivity contribution in [3.8, 4) is 11.4 Å². The second-order valence-electron chi connectivity index (χ2n) is 7.70. The number of aromatic amines is 1.